The molecule has 1 aliphatic carbocycles. The Morgan fingerprint density at radius 1 is 1.60 bits per heavy atom. The van der Waals surface area contributed by atoms with Gasteiger partial charge < -0.3 is 10.1 Å². The molecular weight excluding hydrogens is 190 g/mol. The summed E-state index contributed by atoms with van der Waals surface area (Å²) >= 11 is 0. The molecule has 0 saturated heterocycles. The maximum absolute atomic E-state index is 5.23. The number of methoxy groups -OCH3 is 1. The van der Waals surface area contributed by atoms with E-state index >= 15 is 0 Å². The molecule has 1 fully saturated rings. The van der Waals surface area contributed by atoms with E-state index < -0.39 is 0 Å². The summed E-state index contributed by atoms with van der Waals surface area (Å²) in [6, 6.07) is 2.72. The molecule has 4 heteroatoms. The minimum Gasteiger partial charge on any atom is -0.381 e. The van der Waals surface area contributed by atoms with Crippen molar-refractivity contribution in [2.75, 3.05) is 13.7 Å². The van der Waals surface area contributed by atoms with E-state index in [9.17, 15) is 0 Å². The summed E-state index contributed by atoms with van der Waals surface area (Å²) in [5, 5.41) is 7.85. The van der Waals surface area contributed by atoms with Crippen molar-refractivity contribution in [3.8, 4) is 0 Å². The molecule has 1 aromatic rings. The van der Waals surface area contributed by atoms with Gasteiger partial charge >= 0.3 is 0 Å². The van der Waals surface area contributed by atoms with E-state index in [-0.39, 0.29) is 0 Å². The van der Waals surface area contributed by atoms with Gasteiger partial charge in [0.15, 0.2) is 0 Å². The van der Waals surface area contributed by atoms with Crippen molar-refractivity contribution in [3.63, 3.8) is 0 Å². The van der Waals surface area contributed by atoms with Crippen LogP contribution in [0, 0.1) is 0 Å². The predicted molar refractivity (Wildman–Crippen MR) is 58.7 cm³/mol. The molecule has 0 amide bonds. The van der Waals surface area contributed by atoms with Gasteiger partial charge in [-0.1, -0.05) is 0 Å². The van der Waals surface area contributed by atoms with Gasteiger partial charge in [0.05, 0.1) is 11.8 Å². The third kappa shape index (κ3) is 2.79. The number of hydrogen-bond donors (Lipinski definition) is 1. The number of ether oxygens (including phenoxy) is 1. The van der Waals surface area contributed by atoms with Gasteiger partial charge in [-0.05, 0) is 18.9 Å². The molecule has 0 spiro atoms. The Kier molecular flexibility index (Phi) is 3.38. The number of aryl methyl sites for hydroxylation is 1. The zero-order chi connectivity index (χ0) is 10.7. The minimum atomic E-state index is 0.484. The first kappa shape index (κ1) is 10.6. The highest BCUT2D eigenvalue weighted by molar-refractivity contribution is 4.99. The molecular formula is C11H19N3O. The Bertz CT molecular complexity index is 305. The van der Waals surface area contributed by atoms with E-state index in [1.54, 1.807) is 7.11 Å². The maximum atomic E-state index is 5.23. The van der Waals surface area contributed by atoms with Crippen LogP contribution in [0.15, 0.2) is 12.3 Å². The summed E-state index contributed by atoms with van der Waals surface area (Å²) in [4.78, 5) is 0. The topological polar surface area (TPSA) is 39.1 Å². The third-order valence-electron chi connectivity index (χ3n) is 3.01. The molecule has 84 valence electrons. The average Bonchev–Trinajstić information content (AvgIpc) is 2.55. The molecule has 0 bridgehead atoms. The molecule has 2 rings (SSSR count). The second-order valence-electron chi connectivity index (χ2n) is 4.21. The van der Waals surface area contributed by atoms with Crippen LogP contribution in [-0.2, 0) is 18.2 Å². The molecule has 0 aliphatic heterocycles. The quantitative estimate of drug-likeness (QED) is 0.777. The summed E-state index contributed by atoms with van der Waals surface area (Å²) in [7, 11) is 3.74. The van der Waals surface area contributed by atoms with Gasteiger partial charge in [-0.25, -0.2) is 0 Å². The van der Waals surface area contributed by atoms with Crippen molar-refractivity contribution >= 4 is 0 Å². The van der Waals surface area contributed by atoms with E-state index in [0.29, 0.717) is 12.1 Å². The Morgan fingerprint density at radius 2 is 2.40 bits per heavy atom. The van der Waals surface area contributed by atoms with Gasteiger partial charge in [-0.3, -0.25) is 4.68 Å². The highest BCUT2D eigenvalue weighted by Gasteiger charge is 2.27. The fourth-order valence-corrected chi connectivity index (χ4v) is 1.93. The monoisotopic (exact) mass is 209 g/mol. The van der Waals surface area contributed by atoms with Crippen molar-refractivity contribution in [2.45, 2.75) is 31.4 Å². The lowest BCUT2D eigenvalue weighted by atomic mass is 9.89. The highest BCUT2D eigenvalue weighted by Crippen LogP contribution is 2.22. The fraction of sp³-hybridized carbons (Fsp3) is 0.727. The van der Waals surface area contributed by atoms with E-state index in [0.717, 1.165) is 31.5 Å². The first-order valence-electron chi connectivity index (χ1n) is 5.52. The summed E-state index contributed by atoms with van der Waals surface area (Å²) in [5.74, 6) is 0. The van der Waals surface area contributed by atoms with E-state index in [4.69, 9.17) is 4.74 Å². The zero-order valence-corrected chi connectivity index (χ0v) is 9.44. The minimum absolute atomic E-state index is 0.484. The van der Waals surface area contributed by atoms with Gasteiger partial charge in [0.1, 0.15) is 0 Å². The Morgan fingerprint density at radius 3 is 3.00 bits per heavy atom. The summed E-state index contributed by atoms with van der Waals surface area (Å²) in [6.07, 6.45) is 5.78. The van der Waals surface area contributed by atoms with Crippen LogP contribution in [0.2, 0.25) is 0 Å². The lowest BCUT2D eigenvalue weighted by Crippen LogP contribution is -2.45. The van der Waals surface area contributed by atoms with Crippen LogP contribution in [0.4, 0.5) is 0 Å². The maximum Gasteiger partial charge on any atom is 0.0637 e. The van der Waals surface area contributed by atoms with Crippen LogP contribution < -0.4 is 5.32 Å². The molecule has 1 saturated carbocycles. The average molecular weight is 209 g/mol. The number of rotatable bonds is 5. The van der Waals surface area contributed by atoms with E-state index in [1.807, 2.05) is 17.9 Å². The second kappa shape index (κ2) is 4.77. The summed E-state index contributed by atoms with van der Waals surface area (Å²) in [6.45, 7) is 1.01. The normalized spacial score (nSPS) is 25.2. The Hall–Kier alpha value is -0.870. The van der Waals surface area contributed by atoms with Gasteiger partial charge in [0, 0.05) is 39.4 Å². The Balaban J connectivity index is 1.60. The van der Waals surface area contributed by atoms with Crippen LogP contribution in [-0.4, -0.2) is 35.6 Å². The molecule has 15 heavy (non-hydrogen) atoms. The third-order valence-corrected chi connectivity index (χ3v) is 3.01. The van der Waals surface area contributed by atoms with E-state index in [2.05, 4.69) is 16.5 Å². The van der Waals surface area contributed by atoms with Crippen LogP contribution in [0.1, 0.15) is 18.5 Å². The SMILES string of the molecule is COC1CC(NCCc2ccn(C)n2)C1. The lowest BCUT2D eigenvalue weighted by Gasteiger charge is -2.34. The lowest BCUT2D eigenvalue weighted by molar-refractivity contribution is 0.0177. The molecule has 0 atom stereocenters. The van der Waals surface area contributed by atoms with E-state index in [1.165, 1.54) is 0 Å². The number of nitrogens with one attached hydrogen (secondary N) is 1. The van der Waals surface area contributed by atoms with Crippen molar-refractivity contribution in [1.82, 2.24) is 15.1 Å². The summed E-state index contributed by atoms with van der Waals surface area (Å²) in [5.41, 5.74) is 1.16. The second-order valence-corrected chi connectivity index (χ2v) is 4.21. The molecule has 0 aromatic carbocycles. The van der Waals surface area contributed by atoms with Crippen molar-refractivity contribution in [1.29, 1.82) is 0 Å². The van der Waals surface area contributed by atoms with Crippen molar-refractivity contribution in [2.24, 2.45) is 7.05 Å². The van der Waals surface area contributed by atoms with Crippen LogP contribution >= 0.6 is 0 Å². The number of aromatic nitrogens is 2. The molecule has 1 heterocycles. The fourth-order valence-electron chi connectivity index (χ4n) is 1.93. The molecule has 1 N–H and O–H groups in total. The highest BCUT2D eigenvalue weighted by atomic mass is 16.5. The molecule has 4 nitrogen and oxygen atoms in total. The molecule has 1 aliphatic rings. The van der Waals surface area contributed by atoms with Gasteiger partial charge in [0.2, 0.25) is 0 Å². The smallest absolute Gasteiger partial charge is 0.0637 e. The zero-order valence-electron chi connectivity index (χ0n) is 9.44. The van der Waals surface area contributed by atoms with Crippen molar-refractivity contribution in [3.05, 3.63) is 18.0 Å². The first-order chi connectivity index (χ1) is 7.28. The van der Waals surface area contributed by atoms with Gasteiger partial charge in [-0.2, -0.15) is 5.10 Å². The van der Waals surface area contributed by atoms with Gasteiger partial charge in [-0.15, -0.1) is 0 Å². The molecule has 0 unspecified atom stereocenters. The van der Waals surface area contributed by atoms with Crippen LogP contribution in [0.25, 0.3) is 0 Å². The summed E-state index contributed by atoms with van der Waals surface area (Å²) < 4.78 is 7.08. The van der Waals surface area contributed by atoms with Gasteiger partial charge in [0.25, 0.3) is 0 Å². The Labute approximate surface area is 90.6 Å². The first-order valence-corrected chi connectivity index (χ1v) is 5.52. The standard InChI is InChI=1S/C11H19N3O/c1-14-6-4-9(13-14)3-5-12-10-7-11(8-10)15-2/h4,6,10-12H,3,5,7-8H2,1-2H3. The molecule has 0 radical (unpaired) electrons. The van der Waals surface area contributed by atoms with Crippen molar-refractivity contribution < 1.29 is 4.74 Å². The number of hydrogen-bond acceptors (Lipinski definition) is 3. The van der Waals surface area contributed by atoms with Crippen LogP contribution in [0.3, 0.4) is 0 Å². The largest absolute Gasteiger partial charge is 0.381 e. The number of nitrogens with zero attached hydrogens (tertiary/aromatic N) is 2. The molecule has 1 aromatic heterocycles. The van der Waals surface area contributed by atoms with Crippen LogP contribution in [0.5, 0.6) is 0 Å². The predicted octanol–water partition coefficient (Wildman–Crippen LogP) is 0.730.